The van der Waals surface area contributed by atoms with Gasteiger partial charge in [-0.1, -0.05) is 42.5 Å². The summed E-state index contributed by atoms with van der Waals surface area (Å²) in [5, 5.41) is 12.2. The molecule has 0 saturated carbocycles. The van der Waals surface area contributed by atoms with Crippen LogP contribution in [0.2, 0.25) is 0 Å². The topological polar surface area (TPSA) is 75.6 Å². The molecule has 2 rings (SSSR count). The second kappa shape index (κ2) is 8.87. The minimum absolute atomic E-state index is 0.0949. The molecule has 0 aliphatic carbocycles. The Bertz CT molecular complexity index is 742. The van der Waals surface area contributed by atoms with E-state index in [-0.39, 0.29) is 18.9 Å². The molecule has 2 aromatic carbocycles. The van der Waals surface area contributed by atoms with E-state index in [2.05, 4.69) is 5.32 Å². The zero-order valence-corrected chi connectivity index (χ0v) is 14.5. The van der Waals surface area contributed by atoms with Gasteiger partial charge in [0.25, 0.3) is 0 Å². The minimum atomic E-state index is -0.916. The van der Waals surface area contributed by atoms with E-state index in [4.69, 9.17) is 4.74 Å². The van der Waals surface area contributed by atoms with Crippen molar-refractivity contribution in [2.45, 2.75) is 19.8 Å². The molecule has 1 atom stereocenters. The van der Waals surface area contributed by atoms with Crippen molar-refractivity contribution in [1.82, 2.24) is 5.32 Å². The summed E-state index contributed by atoms with van der Waals surface area (Å²) < 4.78 is 5.23. The van der Waals surface area contributed by atoms with E-state index >= 15 is 0 Å². The van der Waals surface area contributed by atoms with Gasteiger partial charge in [0.2, 0.25) is 5.91 Å². The molecular formula is C20H23NO4. The van der Waals surface area contributed by atoms with Gasteiger partial charge in [0.05, 0.1) is 19.4 Å². The molecule has 1 unspecified atom stereocenters. The first-order chi connectivity index (χ1) is 12.0. The summed E-state index contributed by atoms with van der Waals surface area (Å²) in [6, 6.07) is 15.0. The van der Waals surface area contributed by atoms with Crippen molar-refractivity contribution in [2.75, 3.05) is 13.7 Å². The van der Waals surface area contributed by atoms with Gasteiger partial charge in [0.15, 0.2) is 0 Å². The molecule has 0 aliphatic rings. The number of carbonyl (C=O) groups is 2. The summed E-state index contributed by atoms with van der Waals surface area (Å²) in [7, 11) is 1.55. The molecular weight excluding hydrogens is 318 g/mol. The molecule has 5 heteroatoms. The van der Waals surface area contributed by atoms with Crippen molar-refractivity contribution in [2.24, 2.45) is 5.92 Å². The normalized spacial score (nSPS) is 11.6. The van der Waals surface area contributed by atoms with Crippen LogP contribution in [-0.4, -0.2) is 30.6 Å². The van der Waals surface area contributed by atoms with Crippen LogP contribution in [0.1, 0.15) is 16.7 Å². The molecule has 0 radical (unpaired) electrons. The number of ether oxygens (including phenoxy) is 1. The van der Waals surface area contributed by atoms with E-state index in [1.165, 1.54) is 0 Å². The Morgan fingerprint density at radius 3 is 2.36 bits per heavy atom. The number of nitrogens with one attached hydrogen (secondary N) is 1. The van der Waals surface area contributed by atoms with Crippen LogP contribution in [0.5, 0.6) is 5.75 Å². The average Bonchev–Trinajstić information content (AvgIpc) is 2.60. The van der Waals surface area contributed by atoms with E-state index in [9.17, 15) is 14.7 Å². The van der Waals surface area contributed by atoms with Gasteiger partial charge >= 0.3 is 5.97 Å². The fourth-order valence-electron chi connectivity index (χ4n) is 2.67. The highest BCUT2D eigenvalue weighted by Gasteiger charge is 2.20. The van der Waals surface area contributed by atoms with Crippen LogP contribution in [0.15, 0.2) is 48.5 Å². The molecule has 132 valence electrons. The number of amides is 1. The summed E-state index contributed by atoms with van der Waals surface area (Å²) in [5.41, 5.74) is 2.80. The summed E-state index contributed by atoms with van der Waals surface area (Å²) in [4.78, 5) is 23.7. The van der Waals surface area contributed by atoms with E-state index < -0.39 is 11.9 Å². The predicted molar refractivity (Wildman–Crippen MR) is 95.7 cm³/mol. The van der Waals surface area contributed by atoms with Crippen LogP contribution in [0, 0.1) is 12.8 Å². The lowest BCUT2D eigenvalue weighted by Crippen LogP contribution is -2.35. The van der Waals surface area contributed by atoms with Gasteiger partial charge in [-0.15, -0.1) is 0 Å². The number of aliphatic carboxylic acids is 1. The Hall–Kier alpha value is -2.82. The van der Waals surface area contributed by atoms with Gasteiger partial charge in [-0.25, -0.2) is 0 Å². The van der Waals surface area contributed by atoms with Crippen molar-refractivity contribution in [1.29, 1.82) is 0 Å². The Kier molecular flexibility index (Phi) is 6.57. The lowest BCUT2D eigenvalue weighted by molar-refractivity contribution is -0.141. The number of hydrogen-bond acceptors (Lipinski definition) is 3. The second-order valence-electron chi connectivity index (χ2n) is 5.96. The first kappa shape index (κ1) is 18.5. The zero-order valence-electron chi connectivity index (χ0n) is 14.5. The molecule has 0 heterocycles. The summed E-state index contributed by atoms with van der Waals surface area (Å²) in [5.74, 6) is -1.16. The second-order valence-corrected chi connectivity index (χ2v) is 5.96. The lowest BCUT2D eigenvalue weighted by atomic mass is 9.96. The quantitative estimate of drug-likeness (QED) is 0.774. The lowest BCUT2D eigenvalue weighted by Gasteiger charge is -2.15. The molecule has 1 amide bonds. The van der Waals surface area contributed by atoms with Gasteiger partial charge in [0, 0.05) is 12.1 Å². The summed E-state index contributed by atoms with van der Waals surface area (Å²) in [6.45, 7) is 2.05. The fourth-order valence-corrected chi connectivity index (χ4v) is 2.67. The number of rotatable bonds is 8. The molecule has 2 N–H and O–H groups in total. The maximum Gasteiger partial charge on any atom is 0.308 e. The highest BCUT2D eigenvalue weighted by molar-refractivity contribution is 5.80. The van der Waals surface area contributed by atoms with E-state index in [0.29, 0.717) is 12.2 Å². The standard InChI is InChI=1S/C20H23NO4/c1-14-7-3-4-8-15(14)11-17(20(23)24)13-21-19(22)12-16-9-5-6-10-18(16)25-2/h3-10,17H,11-13H2,1-2H3,(H,21,22)(H,23,24). The number of hydrogen-bond donors (Lipinski definition) is 2. The Balaban J connectivity index is 1.95. The van der Waals surface area contributed by atoms with Gasteiger partial charge < -0.3 is 15.2 Å². The van der Waals surface area contributed by atoms with Crippen molar-refractivity contribution in [3.05, 3.63) is 65.2 Å². The fraction of sp³-hybridized carbons (Fsp3) is 0.300. The Morgan fingerprint density at radius 1 is 1.08 bits per heavy atom. The summed E-state index contributed by atoms with van der Waals surface area (Å²) in [6.07, 6.45) is 0.539. The smallest absolute Gasteiger partial charge is 0.308 e. The van der Waals surface area contributed by atoms with Crippen LogP contribution < -0.4 is 10.1 Å². The molecule has 5 nitrogen and oxygen atoms in total. The largest absolute Gasteiger partial charge is 0.496 e. The van der Waals surface area contributed by atoms with Gasteiger partial charge in [-0.2, -0.15) is 0 Å². The zero-order chi connectivity index (χ0) is 18.2. The van der Waals surface area contributed by atoms with E-state index in [1.54, 1.807) is 13.2 Å². The van der Waals surface area contributed by atoms with Crippen molar-refractivity contribution >= 4 is 11.9 Å². The van der Waals surface area contributed by atoms with Crippen LogP contribution in [0.25, 0.3) is 0 Å². The maximum absolute atomic E-state index is 12.2. The molecule has 0 aromatic heterocycles. The van der Waals surface area contributed by atoms with Crippen molar-refractivity contribution in [3.63, 3.8) is 0 Å². The molecule has 0 aliphatic heterocycles. The SMILES string of the molecule is COc1ccccc1CC(=O)NCC(Cc1ccccc1C)C(=O)O. The van der Waals surface area contributed by atoms with Crippen LogP contribution in [0.3, 0.4) is 0 Å². The first-order valence-corrected chi connectivity index (χ1v) is 8.17. The van der Waals surface area contributed by atoms with Crippen LogP contribution >= 0.6 is 0 Å². The number of carbonyl (C=O) groups excluding carboxylic acids is 1. The maximum atomic E-state index is 12.2. The van der Waals surface area contributed by atoms with Crippen LogP contribution in [-0.2, 0) is 22.4 Å². The number of carboxylic acids is 1. The third-order valence-electron chi connectivity index (χ3n) is 4.17. The Labute approximate surface area is 147 Å². The number of methoxy groups -OCH3 is 1. The molecule has 2 aromatic rings. The number of benzene rings is 2. The molecule has 0 fully saturated rings. The number of carboxylic acid groups (broad SMARTS) is 1. The van der Waals surface area contributed by atoms with Gasteiger partial charge in [-0.05, 0) is 30.5 Å². The molecule has 0 bridgehead atoms. The van der Waals surface area contributed by atoms with Crippen molar-refractivity contribution in [3.8, 4) is 5.75 Å². The van der Waals surface area contributed by atoms with Gasteiger partial charge in [-0.3, -0.25) is 9.59 Å². The highest BCUT2D eigenvalue weighted by Crippen LogP contribution is 2.18. The molecule has 25 heavy (non-hydrogen) atoms. The van der Waals surface area contributed by atoms with Gasteiger partial charge in [0.1, 0.15) is 5.75 Å². The minimum Gasteiger partial charge on any atom is -0.496 e. The summed E-state index contributed by atoms with van der Waals surface area (Å²) >= 11 is 0. The monoisotopic (exact) mass is 341 g/mol. The highest BCUT2D eigenvalue weighted by atomic mass is 16.5. The average molecular weight is 341 g/mol. The molecule has 0 saturated heterocycles. The van der Waals surface area contributed by atoms with E-state index in [0.717, 1.165) is 16.7 Å². The van der Waals surface area contributed by atoms with Crippen molar-refractivity contribution < 1.29 is 19.4 Å². The van der Waals surface area contributed by atoms with Crippen LogP contribution in [0.4, 0.5) is 0 Å². The third-order valence-corrected chi connectivity index (χ3v) is 4.17. The number of aryl methyl sites for hydroxylation is 1. The predicted octanol–water partition coefficient (Wildman–Crippen LogP) is 2.61. The van der Waals surface area contributed by atoms with E-state index in [1.807, 2.05) is 49.4 Å². The Morgan fingerprint density at radius 2 is 1.72 bits per heavy atom. The number of para-hydroxylation sites is 1. The first-order valence-electron chi connectivity index (χ1n) is 8.17. The molecule has 0 spiro atoms. The third kappa shape index (κ3) is 5.35.